The van der Waals surface area contributed by atoms with E-state index in [0.29, 0.717) is 0 Å². The Bertz CT molecular complexity index is 179. The third-order valence-corrected chi connectivity index (χ3v) is 3.96. The van der Waals surface area contributed by atoms with Crippen LogP contribution in [0.25, 0.3) is 0 Å². The fraction of sp³-hybridized carbons (Fsp3) is 1.00. The van der Waals surface area contributed by atoms with E-state index in [1.165, 1.54) is 25.7 Å². The fourth-order valence-electron chi connectivity index (χ4n) is 3.22. The van der Waals surface area contributed by atoms with Crippen molar-refractivity contribution in [3.05, 3.63) is 0 Å². The number of rotatable bonds is 2. The highest BCUT2D eigenvalue weighted by atomic mass is 16.5. The molecule has 0 aliphatic heterocycles. The molecule has 2 saturated carbocycles. The molecule has 0 heterocycles. The standard InChI is InChI=1S/C12H22O2/c1-2-14-12-8-10-6-4-3-5-9(10)7-11(12)13/h9-13H,2-8H2,1H3/t9-,10-,11?,12-/m1/s1. The molecule has 0 bridgehead atoms. The highest BCUT2D eigenvalue weighted by Crippen LogP contribution is 2.41. The molecule has 4 atom stereocenters. The number of hydrogen-bond acceptors (Lipinski definition) is 2. The van der Waals surface area contributed by atoms with Gasteiger partial charge in [-0.2, -0.15) is 0 Å². The lowest BCUT2D eigenvalue weighted by Crippen LogP contribution is -2.41. The van der Waals surface area contributed by atoms with Crippen molar-refractivity contribution in [2.45, 2.75) is 57.7 Å². The minimum absolute atomic E-state index is 0.124. The van der Waals surface area contributed by atoms with Gasteiger partial charge in [0.15, 0.2) is 0 Å². The van der Waals surface area contributed by atoms with E-state index in [1.807, 2.05) is 6.92 Å². The van der Waals surface area contributed by atoms with Crippen LogP contribution in [0.3, 0.4) is 0 Å². The Kier molecular flexibility index (Phi) is 3.45. The first-order valence-electron chi connectivity index (χ1n) is 6.11. The summed E-state index contributed by atoms with van der Waals surface area (Å²) >= 11 is 0. The quantitative estimate of drug-likeness (QED) is 0.738. The maximum absolute atomic E-state index is 9.91. The van der Waals surface area contributed by atoms with E-state index >= 15 is 0 Å². The maximum Gasteiger partial charge on any atom is 0.0836 e. The molecular weight excluding hydrogens is 176 g/mol. The van der Waals surface area contributed by atoms with Crippen LogP contribution in [0, 0.1) is 11.8 Å². The molecule has 14 heavy (non-hydrogen) atoms. The Morgan fingerprint density at radius 2 is 1.79 bits per heavy atom. The van der Waals surface area contributed by atoms with E-state index in [2.05, 4.69) is 0 Å². The van der Waals surface area contributed by atoms with Gasteiger partial charge in [-0.3, -0.25) is 0 Å². The molecule has 2 aliphatic rings. The number of fused-ring (bicyclic) bond motifs is 1. The van der Waals surface area contributed by atoms with E-state index in [0.717, 1.165) is 31.3 Å². The second kappa shape index (κ2) is 4.63. The molecule has 0 amide bonds. The van der Waals surface area contributed by atoms with E-state index in [-0.39, 0.29) is 12.2 Å². The highest BCUT2D eigenvalue weighted by Gasteiger charge is 2.37. The van der Waals surface area contributed by atoms with Gasteiger partial charge in [-0.1, -0.05) is 25.7 Å². The van der Waals surface area contributed by atoms with Crippen LogP contribution in [0.15, 0.2) is 0 Å². The van der Waals surface area contributed by atoms with Crippen molar-refractivity contribution in [2.24, 2.45) is 11.8 Å². The molecule has 0 spiro atoms. The van der Waals surface area contributed by atoms with Gasteiger partial charge in [0.1, 0.15) is 0 Å². The zero-order valence-corrected chi connectivity index (χ0v) is 9.11. The normalized spacial score (nSPS) is 43.3. The lowest BCUT2D eigenvalue weighted by atomic mass is 9.69. The number of aliphatic hydroxyl groups is 1. The first-order chi connectivity index (χ1) is 6.81. The first kappa shape index (κ1) is 10.4. The van der Waals surface area contributed by atoms with Crippen LogP contribution in [-0.2, 0) is 4.74 Å². The summed E-state index contributed by atoms with van der Waals surface area (Å²) in [5, 5.41) is 9.91. The van der Waals surface area contributed by atoms with Gasteiger partial charge in [0.2, 0.25) is 0 Å². The summed E-state index contributed by atoms with van der Waals surface area (Å²) in [6.07, 6.45) is 7.45. The van der Waals surface area contributed by atoms with Crippen LogP contribution in [-0.4, -0.2) is 23.9 Å². The van der Waals surface area contributed by atoms with E-state index in [4.69, 9.17) is 4.74 Å². The predicted octanol–water partition coefficient (Wildman–Crippen LogP) is 2.35. The molecule has 0 aromatic rings. The summed E-state index contributed by atoms with van der Waals surface area (Å²) in [6, 6.07) is 0. The van der Waals surface area contributed by atoms with Crippen molar-refractivity contribution in [3.8, 4) is 0 Å². The molecule has 2 nitrogen and oxygen atoms in total. The number of ether oxygens (including phenoxy) is 1. The summed E-state index contributed by atoms with van der Waals surface area (Å²) in [5.74, 6) is 1.62. The van der Waals surface area contributed by atoms with E-state index in [1.54, 1.807) is 0 Å². The average molecular weight is 198 g/mol. The van der Waals surface area contributed by atoms with Gasteiger partial charge in [0.05, 0.1) is 12.2 Å². The van der Waals surface area contributed by atoms with Gasteiger partial charge in [-0.25, -0.2) is 0 Å². The lowest BCUT2D eigenvalue weighted by Gasteiger charge is -2.41. The Morgan fingerprint density at radius 3 is 2.43 bits per heavy atom. The molecule has 2 aliphatic carbocycles. The summed E-state index contributed by atoms with van der Waals surface area (Å²) < 4.78 is 5.59. The van der Waals surface area contributed by atoms with E-state index in [9.17, 15) is 5.11 Å². The Labute approximate surface area is 86.6 Å². The van der Waals surface area contributed by atoms with Crippen LogP contribution in [0.5, 0.6) is 0 Å². The van der Waals surface area contributed by atoms with E-state index < -0.39 is 0 Å². The van der Waals surface area contributed by atoms with Gasteiger partial charge in [-0.05, 0) is 31.6 Å². The van der Waals surface area contributed by atoms with Gasteiger partial charge >= 0.3 is 0 Å². The van der Waals surface area contributed by atoms with Crippen molar-refractivity contribution in [2.75, 3.05) is 6.61 Å². The van der Waals surface area contributed by atoms with Gasteiger partial charge in [-0.15, -0.1) is 0 Å². The topological polar surface area (TPSA) is 29.5 Å². The van der Waals surface area contributed by atoms with Crippen LogP contribution in [0.2, 0.25) is 0 Å². The smallest absolute Gasteiger partial charge is 0.0836 e. The third-order valence-electron chi connectivity index (χ3n) is 3.96. The van der Waals surface area contributed by atoms with Crippen molar-refractivity contribution in [3.63, 3.8) is 0 Å². The second-order valence-electron chi connectivity index (χ2n) is 4.84. The molecule has 0 aromatic heterocycles. The number of hydrogen-bond donors (Lipinski definition) is 1. The van der Waals surface area contributed by atoms with Gasteiger partial charge in [0.25, 0.3) is 0 Å². The molecule has 0 radical (unpaired) electrons. The predicted molar refractivity (Wildman–Crippen MR) is 56.1 cm³/mol. The Balaban J connectivity index is 1.92. The lowest BCUT2D eigenvalue weighted by molar-refractivity contribution is -0.0902. The van der Waals surface area contributed by atoms with Crippen LogP contribution in [0.1, 0.15) is 45.4 Å². The monoisotopic (exact) mass is 198 g/mol. The number of aliphatic hydroxyl groups excluding tert-OH is 1. The second-order valence-corrected chi connectivity index (χ2v) is 4.84. The molecule has 2 rings (SSSR count). The SMILES string of the molecule is CCO[C@@H]1C[C@H]2CCCC[C@@H]2CC1O. The molecule has 82 valence electrons. The highest BCUT2D eigenvalue weighted by molar-refractivity contribution is 4.88. The zero-order valence-electron chi connectivity index (χ0n) is 9.11. The summed E-state index contributed by atoms with van der Waals surface area (Å²) in [6.45, 7) is 2.75. The molecule has 0 saturated heterocycles. The van der Waals surface area contributed by atoms with Crippen LogP contribution in [0.4, 0.5) is 0 Å². The fourth-order valence-corrected chi connectivity index (χ4v) is 3.22. The van der Waals surface area contributed by atoms with Crippen molar-refractivity contribution in [1.82, 2.24) is 0 Å². The summed E-state index contributed by atoms with van der Waals surface area (Å²) in [7, 11) is 0. The molecule has 2 heteroatoms. The Hall–Kier alpha value is -0.0800. The molecule has 1 unspecified atom stereocenters. The largest absolute Gasteiger partial charge is 0.390 e. The van der Waals surface area contributed by atoms with Crippen molar-refractivity contribution < 1.29 is 9.84 Å². The van der Waals surface area contributed by atoms with Gasteiger partial charge in [0, 0.05) is 6.61 Å². The Morgan fingerprint density at radius 1 is 1.14 bits per heavy atom. The van der Waals surface area contributed by atoms with Crippen molar-refractivity contribution >= 4 is 0 Å². The average Bonchev–Trinajstić information content (AvgIpc) is 2.19. The maximum atomic E-state index is 9.91. The van der Waals surface area contributed by atoms with Crippen LogP contribution >= 0.6 is 0 Å². The molecule has 0 aromatic carbocycles. The summed E-state index contributed by atoms with van der Waals surface area (Å²) in [5.41, 5.74) is 0. The van der Waals surface area contributed by atoms with Gasteiger partial charge < -0.3 is 9.84 Å². The zero-order chi connectivity index (χ0) is 9.97. The van der Waals surface area contributed by atoms with Crippen LogP contribution < -0.4 is 0 Å². The minimum atomic E-state index is -0.200. The first-order valence-corrected chi connectivity index (χ1v) is 6.11. The minimum Gasteiger partial charge on any atom is -0.390 e. The summed E-state index contributed by atoms with van der Waals surface area (Å²) in [4.78, 5) is 0. The molecule has 1 N–H and O–H groups in total. The molecular formula is C12H22O2. The molecule has 2 fully saturated rings. The third kappa shape index (κ3) is 2.12. The van der Waals surface area contributed by atoms with Crippen molar-refractivity contribution in [1.29, 1.82) is 0 Å².